The lowest BCUT2D eigenvalue weighted by Crippen LogP contribution is -2.41. The van der Waals surface area contributed by atoms with E-state index in [0.717, 1.165) is 13.0 Å². The van der Waals surface area contributed by atoms with E-state index in [-0.39, 0.29) is 0 Å². The second kappa shape index (κ2) is 6.42. The van der Waals surface area contributed by atoms with Crippen LogP contribution in [-0.2, 0) is 6.42 Å². The smallest absolute Gasteiger partial charge is 0.0635 e. The molecule has 1 atom stereocenters. The Hall–Kier alpha value is -1.33. The van der Waals surface area contributed by atoms with E-state index in [2.05, 4.69) is 41.3 Å². The van der Waals surface area contributed by atoms with Crippen LogP contribution in [-0.4, -0.2) is 24.0 Å². The van der Waals surface area contributed by atoms with Crippen LogP contribution in [0.5, 0.6) is 0 Å². The molecule has 0 amide bonds. The SMILES string of the molecule is N#CCCN1CCCCC1Cc1ccccc1. The van der Waals surface area contributed by atoms with Gasteiger partial charge < -0.3 is 0 Å². The van der Waals surface area contributed by atoms with E-state index in [0.29, 0.717) is 12.5 Å². The third-order valence-corrected chi connectivity index (χ3v) is 3.57. The normalized spacial score (nSPS) is 21.0. The van der Waals surface area contributed by atoms with Gasteiger partial charge in [0.25, 0.3) is 0 Å². The maximum atomic E-state index is 8.70. The molecule has 2 rings (SSSR count). The highest BCUT2D eigenvalue weighted by Gasteiger charge is 2.21. The van der Waals surface area contributed by atoms with Crippen molar-refractivity contribution in [2.75, 3.05) is 13.1 Å². The second-order valence-corrected chi connectivity index (χ2v) is 4.78. The summed E-state index contributed by atoms with van der Waals surface area (Å²) in [6.07, 6.45) is 5.69. The van der Waals surface area contributed by atoms with Crippen molar-refractivity contribution in [1.29, 1.82) is 5.26 Å². The maximum absolute atomic E-state index is 8.70. The molecule has 1 fully saturated rings. The van der Waals surface area contributed by atoms with E-state index in [1.54, 1.807) is 0 Å². The summed E-state index contributed by atoms with van der Waals surface area (Å²) in [5.41, 5.74) is 1.42. The molecule has 1 unspecified atom stereocenters. The van der Waals surface area contributed by atoms with Gasteiger partial charge in [0.2, 0.25) is 0 Å². The average molecular weight is 228 g/mol. The van der Waals surface area contributed by atoms with Crippen LogP contribution in [0, 0.1) is 11.3 Å². The maximum Gasteiger partial charge on any atom is 0.0635 e. The summed E-state index contributed by atoms with van der Waals surface area (Å²) in [4.78, 5) is 2.50. The molecule has 2 nitrogen and oxygen atoms in total. The zero-order chi connectivity index (χ0) is 11.9. The molecule has 0 N–H and O–H groups in total. The Balaban J connectivity index is 1.94. The molecule has 1 saturated heterocycles. The molecule has 0 saturated carbocycles. The predicted octanol–water partition coefficient (Wildman–Crippen LogP) is 3.00. The number of hydrogen-bond donors (Lipinski definition) is 0. The largest absolute Gasteiger partial charge is 0.299 e. The topological polar surface area (TPSA) is 27.0 Å². The van der Waals surface area contributed by atoms with E-state index < -0.39 is 0 Å². The minimum atomic E-state index is 0.638. The van der Waals surface area contributed by atoms with E-state index in [9.17, 15) is 0 Å². The van der Waals surface area contributed by atoms with Crippen LogP contribution in [0.1, 0.15) is 31.2 Å². The Kier molecular flexibility index (Phi) is 4.58. The first-order valence-electron chi connectivity index (χ1n) is 6.55. The van der Waals surface area contributed by atoms with Gasteiger partial charge in [-0.1, -0.05) is 36.8 Å². The van der Waals surface area contributed by atoms with Crippen molar-refractivity contribution in [2.45, 2.75) is 38.1 Å². The van der Waals surface area contributed by atoms with Gasteiger partial charge in [0, 0.05) is 19.0 Å². The van der Waals surface area contributed by atoms with Crippen molar-refractivity contribution >= 4 is 0 Å². The highest BCUT2D eigenvalue weighted by Crippen LogP contribution is 2.20. The molecule has 0 spiro atoms. The van der Waals surface area contributed by atoms with Crippen molar-refractivity contribution in [3.05, 3.63) is 35.9 Å². The van der Waals surface area contributed by atoms with Gasteiger partial charge in [0.05, 0.1) is 6.07 Å². The van der Waals surface area contributed by atoms with Gasteiger partial charge >= 0.3 is 0 Å². The summed E-state index contributed by atoms with van der Waals surface area (Å²) >= 11 is 0. The van der Waals surface area contributed by atoms with Gasteiger partial charge in [0.15, 0.2) is 0 Å². The number of rotatable bonds is 4. The Morgan fingerprint density at radius 3 is 2.82 bits per heavy atom. The number of nitriles is 1. The summed E-state index contributed by atoms with van der Waals surface area (Å²) in [5.74, 6) is 0. The van der Waals surface area contributed by atoms with Crippen LogP contribution in [0.15, 0.2) is 30.3 Å². The molecular formula is C15H20N2. The highest BCUT2D eigenvalue weighted by atomic mass is 15.2. The van der Waals surface area contributed by atoms with Gasteiger partial charge in [0.1, 0.15) is 0 Å². The van der Waals surface area contributed by atoms with Crippen molar-refractivity contribution in [2.24, 2.45) is 0 Å². The van der Waals surface area contributed by atoms with E-state index in [1.165, 1.54) is 31.4 Å². The monoisotopic (exact) mass is 228 g/mol. The minimum Gasteiger partial charge on any atom is -0.299 e. The third-order valence-electron chi connectivity index (χ3n) is 3.57. The summed E-state index contributed by atoms with van der Waals surface area (Å²) in [7, 11) is 0. The lowest BCUT2D eigenvalue weighted by atomic mass is 9.95. The van der Waals surface area contributed by atoms with Crippen LogP contribution >= 0.6 is 0 Å². The number of nitrogens with zero attached hydrogens (tertiary/aromatic N) is 2. The van der Waals surface area contributed by atoms with Crippen molar-refractivity contribution < 1.29 is 0 Å². The Labute approximate surface area is 104 Å². The molecule has 0 radical (unpaired) electrons. The summed E-state index contributed by atoms with van der Waals surface area (Å²) < 4.78 is 0. The van der Waals surface area contributed by atoms with Gasteiger partial charge in [-0.05, 0) is 31.4 Å². The molecule has 17 heavy (non-hydrogen) atoms. The standard InChI is InChI=1S/C15H20N2/c16-10-6-12-17-11-5-4-9-15(17)13-14-7-2-1-3-8-14/h1-3,7-8,15H,4-6,9,11-13H2. The van der Waals surface area contributed by atoms with Crippen molar-refractivity contribution in [3.8, 4) is 6.07 Å². The number of piperidine rings is 1. The quantitative estimate of drug-likeness (QED) is 0.792. The molecule has 0 aromatic heterocycles. The van der Waals surface area contributed by atoms with Crippen molar-refractivity contribution in [1.82, 2.24) is 4.90 Å². The Bertz CT molecular complexity index is 366. The minimum absolute atomic E-state index is 0.638. The van der Waals surface area contributed by atoms with Crippen LogP contribution in [0.3, 0.4) is 0 Å². The van der Waals surface area contributed by atoms with Gasteiger partial charge in [-0.3, -0.25) is 4.90 Å². The first kappa shape index (κ1) is 12.1. The molecule has 1 aliphatic heterocycles. The molecule has 1 aliphatic rings. The average Bonchev–Trinajstić information content (AvgIpc) is 2.39. The van der Waals surface area contributed by atoms with E-state index >= 15 is 0 Å². The van der Waals surface area contributed by atoms with Crippen LogP contribution in [0.25, 0.3) is 0 Å². The summed E-state index contributed by atoms with van der Waals surface area (Å²) in [6, 6.07) is 13.6. The Morgan fingerprint density at radius 2 is 2.06 bits per heavy atom. The fourth-order valence-corrected chi connectivity index (χ4v) is 2.67. The first-order valence-corrected chi connectivity index (χ1v) is 6.55. The van der Waals surface area contributed by atoms with Crippen LogP contribution in [0.2, 0.25) is 0 Å². The number of hydrogen-bond acceptors (Lipinski definition) is 2. The molecule has 1 aromatic rings. The first-order chi connectivity index (χ1) is 8.40. The molecule has 1 heterocycles. The van der Waals surface area contributed by atoms with Gasteiger partial charge in [-0.15, -0.1) is 0 Å². The van der Waals surface area contributed by atoms with E-state index in [4.69, 9.17) is 5.26 Å². The summed E-state index contributed by atoms with van der Waals surface area (Å²) in [6.45, 7) is 2.10. The zero-order valence-electron chi connectivity index (χ0n) is 10.3. The molecular weight excluding hydrogens is 208 g/mol. The van der Waals surface area contributed by atoms with E-state index in [1.807, 2.05) is 0 Å². The third kappa shape index (κ3) is 3.57. The number of likely N-dealkylation sites (tertiary alicyclic amines) is 1. The highest BCUT2D eigenvalue weighted by molar-refractivity contribution is 5.16. The molecule has 1 aromatic carbocycles. The second-order valence-electron chi connectivity index (χ2n) is 4.78. The van der Waals surface area contributed by atoms with Crippen LogP contribution in [0.4, 0.5) is 0 Å². The zero-order valence-corrected chi connectivity index (χ0v) is 10.3. The molecule has 90 valence electrons. The van der Waals surface area contributed by atoms with Gasteiger partial charge in [-0.2, -0.15) is 5.26 Å². The van der Waals surface area contributed by atoms with Crippen LogP contribution < -0.4 is 0 Å². The van der Waals surface area contributed by atoms with Crippen molar-refractivity contribution in [3.63, 3.8) is 0 Å². The lowest BCUT2D eigenvalue weighted by molar-refractivity contribution is 0.150. The Morgan fingerprint density at radius 1 is 1.24 bits per heavy atom. The summed E-state index contributed by atoms with van der Waals surface area (Å²) in [5, 5.41) is 8.70. The predicted molar refractivity (Wildman–Crippen MR) is 69.6 cm³/mol. The lowest BCUT2D eigenvalue weighted by Gasteiger charge is -2.35. The molecule has 2 heteroatoms. The fourth-order valence-electron chi connectivity index (χ4n) is 2.67. The fraction of sp³-hybridized carbons (Fsp3) is 0.533. The molecule has 0 bridgehead atoms. The number of benzene rings is 1. The van der Waals surface area contributed by atoms with Gasteiger partial charge in [-0.25, -0.2) is 0 Å². The molecule has 0 aliphatic carbocycles.